The van der Waals surface area contributed by atoms with Gasteiger partial charge in [-0.05, 0) is 66.5 Å². The highest BCUT2D eigenvalue weighted by atomic mass is 28.4. The standard InChI is InChI=1S/C28H55NO5Si3/c1-26(2,3)35(10,11)31-19-22-24(33-36(12,13)27(4,5)6)25(34-37(14,15)28(7,8)9)23(32-22)21-17-16-20(30)18-29-21/h16-18,22-25,30H,19H2,1-15H3/t22-,23+,24-,25+/m1/s1. The molecule has 0 unspecified atom stereocenters. The van der Waals surface area contributed by atoms with Crippen molar-refractivity contribution in [1.29, 1.82) is 0 Å². The van der Waals surface area contributed by atoms with Gasteiger partial charge in [-0.25, -0.2) is 0 Å². The summed E-state index contributed by atoms with van der Waals surface area (Å²) in [7, 11) is -6.38. The molecule has 4 atom stereocenters. The highest BCUT2D eigenvalue weighted by Crippen LogP contribution is 2.47. The monoisotopic (exact) mass is 569 g/mol. The number of aromatic hydroxyl groups is 1. The zero-order valence-corrected chi connectivity index (χ0v) is 29.3. The number of rotatable bonds is 8. The molecular weight excluding hydrogens is 515 g/mol. The molecule has 1 aromatic rings. The van der Waals surface area contributed by atoms with Crippen molar-refractivity contribution in [3.63, 3.8) is 0 Å². The van der Waals surface area contributed by atoms with Crippen molar-refractivity contribution in [3.05, 3.63) is 24.0 Å². The SMILES string of the molecule is CC(C)(C)[Si](C)(C)OC[C@H]1O[C@@H](c2ccc(O)cn2)[C@H](O[Si](C)(C)C(C)(C)C)[C@@H]1O[Si](C)(C)C(C)(C)C. The lowest BCUT2D eigenvalue weighted by molar-refractivity contribution is -0.0186. The molecule has 2 heterocycles. The van der Waals surface area contributed by atoms with E-state index in [1.807, 2.05) is 6.07 Å². The number of pyridine rings is 1. The van der Waals surface area contributed by atoms with Crippen molar-refractivity contribution in [1.82, 2.24) is 4.98 Å². The second-order valence-corrected chi connectivity index (χ2v) is 29.6. The number of hydrogen-bond donors (Lipinski definition) is 1. The van der Waals surface area contributed by atoms with Gasteiger partial charge in [-0.15, -0.1) is 0 Å². The van der Waals surface area contributed by atoms with E-state index in [1.54, 1.807) is 6.07 Å². The molecular formula is C28H55NO5Si3. The van der Waals surface area contributed by atoms with Gasteiger partial charge in [0.2, 0.25) is 0 Å². The molecule has 37 heavy (non-hydrogen) atoms. The molecule has 1 aliphatic heterocycles. The molecule has 0 spiro atoms. The zero-order valence-electron chi connectivity index (χ0n) is 26.3. The zero-order chi connectivity index (χ0) is 28.8. The van der Waals surface area contributed by atoms with E-state index in [0.717, 1.165) is 5.69 Å². The largest absolute Gasteiger partial charge is 0.506 e. The van der Waals surface area contributed by atoms with Gasteiger partial charge in [0.15, 0.2) is 25.0 Å². The molecule has 0 amide bonds. The summed E-state index contributed by atoms with van der Waals surface area (Å²) < 4.78 is 27.8. The van der Waals surface area contributed by atoms with Crippen LogP contribution in [0.1, 0.15) is 74.1 Å². The van der Waals surface area contributed by atoms with Crippen LogP contribution in [0, 0.1) is 0 Å². The number of ether oxygens (including phenoxy) is 1. The fourth-order valence-corrected chi connectivity index (χ4v) is 7.10. The molecule has 0 bridgehead atoms. The van der Waals surface area contributed by atoms with Gasteiger partial charge in [-0.2, -0.15) is 0 Å². The number of aromatic nitrogens is 1. The predicted molar refractivity (Wildman–Crippen MR) is 161 cm³/mol. The fourth-order valence-electron chi connectivity index (χ4n) is 3.48. The minimum absolute atomic E-state index is 0.0250. The van der Waals surface area contributed by atoms with Crippen molar-refractivity contribution >= 4 is 25.0 Å². The summed E-state index contributed by atoms with van der Waals surface area (Å²) in [6.45, 7) is 34.4. The first-order valence-corrected chi connectivity index (χ1v) is 22.4. The quantitative estimate of drug-likeness (QED) is 0.320. The molecule has 214 valence electrons. The van der Waals surface area contributed by atoms with Gasteiger partial charge < -0.3 is 23.1 Å². The van der Waals surface area contributed by atoms with Crippen LogP contribution in [0.2, 0.25) is 54.4 Å². The van der Waals surface area contributed by atoms with Crippen molar-refractivity contribution in [2.75, 3.05) is 6.61 Å². The van der Waals surface area contributed by atoms with Crippen molar-refractivity contribution in [3.8, 4) is 5.75 Å². The lowest BCUT2D eigenvalue weighted by atomic mass is 10.1. The summed E-state index contributed by atoms with van der Waals surface area (Å²) in [5, 5.41) is 10.0. The van der Waals surface area contributed by atoms with Crippen LogP contribution >= 0.6 is 0 Å². The third kappa shape index (κ3) is 7.55. The molecule has 1 fully saturated rings. The van der Waals surface area contributed by atoms with E-state index >= 15 is 0 Å². The molecule has 1 N–H and O–H groups in total. The fraction of sp³-hybridized carbons (Fsp3) is 0.821. The third-order valence-electron chi connectivity index (χ3n) is 9.26. The van der Waals surface area contributed by atoms with E-state index in [2.05, 4.69) is 107 Å². The Balaban J connectivity index is 2.57. The van der Waals surface area contributed by atoms with E-state index < -0.39 is 31.1 Å². The molecule has 0 radical (unpaired) electrons. The minimum atomic E-state index is -2.19. The Morgan fingerprint density at radius 2 is 1.22 bits per heavy atom. The van der Waals surface area contributed by atoms with Crippen LogP contribution in [0.3, 0.4) is 0 Å². The predicted octanol–water partition coefficient (Wildman–Crippen LogP) is 8.03. The van der Waals surface area contributed by atoms with Crippen LogP contribution in [0.25, 0.3) is 0 Å². The minimum Gasteiger partial charge on any atom is -0.506 e. The van der Waals surface area contributed by atoms with Crippen LogP contribution in [-0.4, -0.2) is 60.0 Å². The highest BCUT2D eigenvalue weighted by molar-refractivity contribution is 6.75. The highest BCUT2D eigenvalue weighted by Gasteiger charge is 2.55. The Morgan fingerprint density at radius 1 is 0.757 bits per heavy atom. The van der Waals surface area contributed by atoms with Crippen molar-refractivity contribution in [2.24, 2.45) is 0 Å². The molecule has 0 aliphatic carbocycles. The summed E-state index contributed by atoms with van der Waals surface area (Å²) >= 11 is 0. The Kier molecular flexibility index (Phi) is 9.52. The molecule has 2 rings (SSSR count). The van der Waals surface area contributed by atoms with Gasteiger partial charge in [-0.1, -0.05) is 62.3 Å². The van der Waals surface area contributed by atoms with Gasteiger partial charge in [-0.3, -0.25) is 4.98 Å². The lowest BCUT2D eigenvalue weighted by Crippen LogP contribution is -2.54. The third-order valence-corrected chi connectivity index (χ3v) is 22.7. The molecule has 0 saturated carbocycles. The van der Waals surface area contributed by atoms with E-state index in [1.165, 1.54) is 6.20 Å². The van der Waals surface area contributed by atoms with Crippen LogP contribution in [0.4, 0.5) is 0 Å². The van der Waals surface area contributed by atoms with Crippen LogP contribution < -0.4 is 0 Å². The van der Waals surface area contributed by atoms with Crippen molar-refractivity contribution in [2.45, 2.75) is 141 Å². The topological polar surface area (TPSA) is 70.0 Å². The molecule has 1 saturated heterocycles. The lowest BCUT2D eigenvalue weighted by Gasteiger charge is -2.44. The maximum Gasteiger partial charge on any atom is 0.192 e. The van der Waals surface area contributed by atoms with Crippen LogP contribution in [0.5, 0.6) is 5.75 Å². The Labute approximate surface area is 230 Å². The van der Waals surface area contributed by atoms with E-state index in [0.29, 0.717) is 6.61 Å². The van der Waals surface area contributed by atoms with E-state index in [-0.39, 0.29) is 39.2 Å². The van der Waals surface area contributed by atoms with Gasteiger partial charge in [0, 0.05) is 0 Å². The Hall–Kier alpha value is -0.559. The number of hydrogen-bond acceptors (Lipinski definition) is 6. The summed E-state index contributed by atoms with van der Waals surface area (Å²) in [5.41, 5.74) is 0.750. The molecule has 9 heteroatoms. The number of nitrogens with zero attached hydrogens (tertiary/aromatic N) is 1. The smallest absolute Gasteiger partial charge is 0.192 e. The second kappa shape index (κ2) is 10.8. The van der Waals surface area contributed by atoms with Gasteiger partial charge >= 0.3 is 0 Å². The second-order valence-electron chi connectivity index (χ2n) is 15.3. The maximum absolute atomic E-state index is 9.89. The average Bonchev–Trinajstić information content (AvgIpc) is 3.00. The van der Waals surface area contributed by atoms with E-state index in [9.17, 15) is 5.11 Å². The van der Waals surface area contributed by atoms with Gasteiger partial charge in [0.05, 0.1) is 18.5 Å². The van der Waals surface area contributed by atoms with Gasteiger partial charge in [0.1, 0.15) is 30.2 Å². The first-order valence-electron chi connectivity index (χ1n) is 13.7. The molecule has 1 aliphatic rings. The maximum atomic E-state index is 9.89. The first-order chi connectivity index (χ1) is 16.4. The normalized spacial score (nSPS) is 24.5. The molecule has 0 aromatic carbocycles. The average molecular weight is 570 g/mol. The van der Waals surface area contributed by atoms with Crippen LogP contribution in [0.15, 0.2) is 18.3 Å². The summed E-state index contributed by atoms with van der Waals surface area (Å²) in [5.74, 6) is 0.135. The first kappa shape index (κ1) is 32.7. The Bertz CT molecular complexity index is 898. The summed E-state index contributed by atoms with van der Waals surface area (Å²) in [6, 6.07) is 3.50. The van der Waals surface area contributed by atoms with Gasteiger partial charge in [0.25, 0.3) is 0 Å². The van der Waals surface area contributed by atoms with Crippen molar-refractivity contribution < 1.29 is 23.1 Å². The summed E-state index contributed by atoms with van der Waals surface area (Å²) in [6.07, 6.45) is 0.196. The van der Waals surface area contributed by atoms with Crippen LogP contribution in [-0.2, 0) is 18.0 Å². The van der Waals surface area contributed by atoms with E-state index in [4.69, 9.17) is 18.0 Å². The molecule has 6 nitrogen and oxygen atoms in total. The molecule has 1 aromatic heterocycles. The Morgan fingerprint density at radius 3 is 1.62 bits per heavy atom. The summed E-state index contributed by atoms with van der Waals surface area (Å²) in [4.78, 5) is 4.55.